The number of benzene rings is 1. The number of hydrogen-bond donors (Lipinski definition) is 1. The van der Waals surface area contributed by atoms with Crippen LogP contribution in [0.1, 0.15) is 32.3 Å². The van der Waals surface area contributed by atoms with E-state index in [1.165, 1.54) is 13.2 Å². The van der Waals surface area contributed by atoms with Crippen LogP contribution >= 0.6 is 0 Å². The number of nitrogens with zero attached hydrogens (tertiary/aromatic N) is 1. The Hall–Kier alpha value is -1.62. The van der Waals surface area contributed by atoms with Crippen molar-refractivity contribution in [2.24, 2.45) is 5.41 Å². The summed E-state index contributed by atoms with van der Waals surface area (Å²) in [6.07, 6.45) is 1.14. The number of hydrogen-bond acceptors (Lipinski definition) is 3. The second kappa shape index (κ2) is 7.41. The lowest BCUT2D eigenvalue weighted by Crippen LogP contribution is -2.40. The van der Waals surface area contributed by atoms with Crippen LogP contribution in [0.25, 0.3) is 0 Å². The Labute approximate surface area is 125 Å². The molecule has 0 saturated heterocycles. The first kappa shape index (κ1) is 17.4. The summed E-state index contributed by atoms with van der Waals surface area (Å²) in [4.78, 5) is 13.4. The van der Waals surface area contributed by atoms with Gasteiger partial charge in [0.1, 0.15) is 0 Å². The van der Waals surface area contributed by atoms with E-state index >= 15 is 0 Å². The van der Waals surface area contributed by atoms with Crippen LogP contribution in [-0.2, 0) is 11.3 Å². The van der Waals surface area contributed by atoms with E-state index in [0.29, 0.717) is 25.9 Å². The van der Waals surface area contributed by atoms with E-state index in [4.69, 9.17) is 4.74 Å². The Morgan fingerprint density at radius 1 is 1.38 bits per heavy atom. The van der Waals surface area contributed by atoms with Crippen molar-refractivity contribution in [3.05, 3.63) is 29.6 Å². The molecule has 0 saturated carbocycles. The average Bonchev–Trinajstić information content (AvgIpc) is 2.44. The Balaban J connectivity index is 2.79. The predicted molar refractivity (Wildman–Crippen MR) is 79.9 cm³/mol. The van der Waals surface area contributed by atoms with E-state index in [1.54, 1.807) is 12.1 Å². The smallest absolute Gasteiger partial charge is 0.310 e. The number of carboxylic acids is 1. The minimum atomic E-state index is -0.778. The molecule has 0 fully saturated rings. The van der Waals surface area contributed by atoms with Crippen molar-refractivity contribution in [1.29, 1.82) is 0 Å². The van der Waals surface area contributed by atoms with Gasteiger partial charge in [0, 0.05) is 13.1 Å². The molecule has 118 valence electrons. The van der Waals surface area contributed by atoms with Gasteiger partial charge in [0.2, 0.25) is 0 Å². The summed E-state index contributed by atoms with van der Waals surface area (Å²) in [5.41, 5.74) is 0.0436. The van der Waals surface area contributed by atoms with E-state index in [1.807, 2.05) is 25.8 Å². The maximum absolute atomic E-state index is 13.7. The fourth-order valence-corrected chi connectivity index (χ4v) is 2.54. The van der Waals surface area contributed by atoms with Crippen LogP contribution in [0.2, 0.25) is 0 Å². The SMILES string of the molecule is CCC(CC)(CN(C)Cc1ccc(OC)c(F)c1)C(=O)O. The first-order valence-electron chi connectivity index (χ1n) is 7.13. The number of halogens is 1. The highest BCUT2D eigenvalue weighted by molar-refractivity contribution is 5.74. The molecule has 1 aromatic carbocycles. The molecule has 0 bridgehead atoms. The third-order valence-corrected chi connectivity index (χ3v) is 4.05. The van der Waals surface area contributed by atoms with Gasteiger partial charge in [-0.1, -0.05) is 19.9 Å². The molecular formula is C16H24FNO3. The van der Waals surface area contributed by atoms with Gasteiger partial charge in [0.25, 0.3) is 0 Å². The Morgan fingerprint density at radius 3 is 2.43 bits per heavy atom. The molecule has 1 aromatic rings. The van der Waals surface area contributed by atoms with E-state index in [-0.39, 0.29) is 5.75 Å². The highest BCUT2D eigenvalue weighted by Gasteiger charge is 2.35. The maximum Gasteiger partial charge on any atom is 0.310 e. The normalized spacial score (nSPS) is 11.7. The summed E-state index contributed by atoms with van der Waals surface area (Å²) in [5.74, 6) is -0.970. The second-order valence-electron chi connectivity index (χ2n) is 5.43. The third kappa shape index (κ3) is 4.17. The summed E-state index contributed by atoms with van der Waals surface area (Å²) in [7, 11) is 3.28. The quantitative estimate of drug-likeness (QED) is 0.801. The zero-order valence-electron chi connectivity index (χ0n) is 13.1. The molecule has 0 aliphatic rings. The summed E-state index contributed by atoms with van der Waals surface area (Å²) in [6.45, 7) is 4.70. The number of carbonyl (C=O) groups is 1. The minimum Gasteiger partial charge on any atom is -0.494 e. The van der Waals surface area contributed by atoms with Gasteiger partial charge >= 0.3 is 5.97 Å². The fraction of sp³-hybridized carbons (Fsp3) is 0.562. The molecule has 0 heterocycles. The highest BCUT2D eigenvalue weighted by Crippen LogP contribution is 2.28. The Bertz CT molecular complexity index is 486. The molecule has 21 heavy (non-hydrogen) atoms. The zero-order chi connectivity index (χ0) is 16.0. The first-order chi connectivity index (χ1) is 9.88. The number of aliphatic carboxylic acids is 1. The van der Waals surface area contributed by atoms with Crippen LogP contribution in [0.3, 0.4) is 0 Å². The van der Waals surface area contributed by atoms with Crippen molar-refractivity contribution in [1.82, 2.24) is 4.90 Å². The van der Waals surface area contributed by atoms with Gasteiger partial charge < -0.3 is 14.7 Å². The van der Waals surface area contributed by atoms with Gasteiger partial charge in [-0.15, -0.1) is 0 Å². The molecule has 0 unspecified atom stereocenters. The number of rotatable bonds is 8. The lowest BCUT2D eigenvalue weighted by molar-refractivity contribution is -0.150. The number of carboxylic acid groups (broad SMARTS) is 1. The van der Waals surface area contributed by atoms with Crippen molar-refractivity contribution in [2.75, 3.05) is 20.7 Å². The Kier molecular flexibility index (Phi) is 6.15. The minimum absolute atomic E-state index is 0.211. The Morgan fingerprint density at radius 2 is 2.00 bits per heavy atom. The summed E-state index contributed by atoms with van der Waals surface area (Å²) >= 11 is 0. The lowest BCUT2D eigenvalue weighted by atomic mass is 9.82. The van der Waals surface area contributed by atoms with E-state index in [0.717, 1.165) is 5.56 Å². The predicted octanol–water partition coefficient (Wildman–Crippen LogP) is 3.16. The van der Waals surface area contributed by atoms with Crippen LogP contribution < -0.4 is 4.74 Å². The van der Waals surface area contributed by atoms with E-state index < -0.39 is 17.2 Å². The lowest BCUT2D eigenvalue weighted by Gasteiger charge is -2.31. The molecule has 1 N–H and O–H groups in total. The topological polar surface area (TPSA) is 49.8 Å². The molecule has 0 aromatic heterocycles. The van der Waals surface area contributed by atoms with E-state index in [2.05, 4.69) is 0 Å². The van der Waals surface area contributed by atoms with Gasteiger partial charge in [-0.2, -0.15) is 0 Å². The fourth-order valence-electron chi connectivity index (χ4n) is 2.54. The number of ether oxygens (including phenoxy) is 1. The summed E-state index contributed by atoms with van der Waals surface area (Å²) < 4.78 is 18.5. The molecule has 0 radical (unpaired) electrons. The van der Waals surface area contributed by atoms with Crippen molar-refractivity contribution in [3.8, 4) is 5.75 Å². The van der Waals surface area contributed by atoms with Crippen LogP contribution in [0.5, 0.6) is 5.75 Å². The van der Waals surface area contributed by atoms with Crippen molar-refractivity contribution < 1.29 is 19.0 Å². The molecule has 4 nitrogen and oxygen atoms in total. The molecule has 0 aliphatic carbocycles. The monoisotopic (exact) mass is 297 g/mol. The highest BCUT2D eigenvalue weighted by atomic mass is 19.1. The molecule has 1 rings (SSSR count). The van der Waals surface area contributed by atoms with Crippen LogP contribution in [0.4, 0.5) is 4.39 Å². The first-order valence-corrected chi connectivity index (χ1v) is 7.13. The standard InChI is InChI=1S/C16H24FNO3/c1-5-16(6-2,15(19)20)11-18(3)10-12-7-8-14(21-4)13(17)9-12/h7-9H,5-6,10-11H2,1-4H3,(H,19,20). The van der Waals surface area contributed by atoms with Gasteiger partial charge in [-0.05, 0) is 37.6 Å². The largest absolute Gasteiger partial charge is 0.494 e. The van der Waals surface area contributed by atoms with Crippen molar-refractivity contribution in [3.63, 3.8) is 0 Å². The molecule has 0 spiro atoms. The van der Waals surface area contributed by atoms with Crippen molar-refractivity contribution >= 4 is 5.97 Å². The zero-order valence-corrected chi connectivity index (χ0v) is 13.1. The summed E-state index contributed by atoms with van der Waals surface area (Å²) in [5, 5.41) is 9.45. The molecule has 0 aliphatic heterocycles. The van der Waals surface area contributed by atoms with Crippen molar-refractivity contribution in [2.45, 2.75) is 33.2 Å². The summed E-state index contributed by atoms with van der Waals surface area (Å²) in [6, 6.07) is 4.80. The van der Waals surface area contributed by atoms with Crippen LogP contribution in [0.15, 0.2) is 18.2 Å². The molecule has 5 heteroatoms. The van der Waals surface area contributed by atoms with Crippen LogP contribution in [0, 0.1) is 11.2 Å². The second-order valence-corrected chi connectivity index (χ2v) is 5.43. The van der Waals surface area contributed by atoms with Gasteiger partial charge in [-0.25, -0.2) is 4.39 Å². The number of methoxy groups -OCH3 is 1. The third-order valence-electron chi connectivity index (χ3n) is 4.05. The van der Waals surface area contributed by atoms with E-state index in [9.17, 15) is 14.3 Å². The maximum atomic E-state index is 13.7. The molecule has 0 atom stereocenters. The van der Waals surface area contributed by atoms with Crippen LogP contribution in [-0.4, -0.2) is 36.7 Å². The van der Waals surface area contributed by atoms with Gasteiger partial charge in [-0.3, -0.25) is 4.79 Å². The van der Waals surface area contributed by atoms with Gasteiger partial charge in [0.15, 0.2) is 11.6 Å². The molecule has 0 amide bonds. The van der Waals surface area contributed by atoms with Gasteiger partial charge in [0.05, 0.1) is 12.5 Å². The molecular weight excluding hydrogens is 273 g/mol. The average molecular weight is 297 g/mol.